The van der Waals surface area contributed by atoms with Gasteiger partial charge in [0.25, 0.3) is 0 Å². The molecule has 1 aromatic heterocycles. The average Bonchev–Trinajstić information content (AvgIpc) is 2.33. The van der Waals surface area contributed by atoms with Crippen molar-refractivity contribution in [1.29, 1.82) is 0 Å². The van der Waals surface area contributed by atoms with Crippen LogP contribution in [0.1, 0.15) is 5.69 Å². The largest absolute Gasteiger partial charge is 0.433 e. The van der Waals surface area contributed by atoms with Crippen LogP contribution in [0.15, 0.2) is 12.1 Å². The molecule has 2 nitrogen and oxygen atoms in total. The number of alkyl halides is 3. The van der Waals surface area contributed by atoms with Gasteiger partial charge in [0.05, 0.1) is 20.6 Å². The van der Waals surface area contributed by atoms with E-state index in [4.69, 9.17) is 34.8 Å². The number of benzene rings is 1. The molecule has 2 aromatic rings. The minimum atomic E-state index is -4.57. The molecule has 0 unspecified atom stereocenters. The first-order chi connectivity index (χ1) is 8.75. The zero-order valence-electron chi connectivity index (χ0n) is 9.37. The summed E-state index contributed by atoms with van der Waals surface area (Å²) < 4.78 is 38.3. The standard InChI is InChI=1S/C11H6Cl3F3N2/c1-18-6-3-7(11(15,16)17)19-10-5(13)2-4(12)9(14)8(6)10/h2-3H,1H3,(H,18,19). The predicted octanol–water partition coefficient (Wildman–Crippen LogP) is 5.26. The molecule has 0 saturated carbocycles. The van der Waals surface area contributed by atoms with Crippen molar-refractivity contribution in [2.45, 2.75) is 6.18 Å². The molecule has 0 aliphatic carbocycles. The minimum Gasteiger partial charge on any atom is -0.387 e. The Morgan fingerprint density at radius 3 is 2.26 bits per heavy atom. The molecule has 0 spiro atoms. The van der Waals surface area contributed by atoms with Crippen molar-refractivity contribution in [2.24, 2.45) is 0 Å². The summed E-state index contributed by atoms with van der Waals surface area (Å²) in [5.41, 5.74) is -0.938. The number of fused-ring (bicyclic) bond motifs is 1. The Hall–Kier alpha value is -0.910. The van der Waals surface area contributed by atoms with E-state index in [1.165, 1.54) is 13.1 Å². The van der Waals surface area contributed by atoms with Gasteiger partial charge in [0, 0.05) is 18.1 Å². The zero-order chi connectivity index (χ0) is 14.4. The Balaban J connectivity index is 2.93. The lowest BCUT2D eigenvalue weighted by Gasteiger charge is -2.14. The molecule has 0 fully saturated rings. The Morgan fingerprint density at radius 1 is 1.11 bits per heavy atom. The Labute approximate surface area is 121 Å². The highest BCUT2D eigenvalue weighted by molar-refractivity contribution is 6.48. The van der Waals surface area contributed by atoms with Gasteiger partial charge in [-0.05, 0) is 12.1 Å². The monoisotopic (exact) mass is 328 g/mol. The van der Waals surface area contributed by atoms with Crippen molar-refractivity contribution in [1.82, 2.24) is 4.98 Å². The lowest BCUT2D eigenvalue weighted by molar-refractivity contribution is -0.140. The van der Waals surface area contributed by atoms with Crippen LogP contribution in [0, 0.1) is 0 Å². The maximum atomic E-state index is 12.8. The third-order valence-corrected chi connectivity index (χ3v) is 3.56. The summed E-state index contributed by atoms with van der Waals surface area (Å²) in [6.07, 6.45) is -4.57. The Morgan fingerprint density at radius 2 is 1.74 bits per heavy atom. The molecule has 0 amide bonds. The number of halogens is 6. The zero-order valence-corrected chi connectivity index (χ0v) is 11.6. The van der Waals surface area contributed by atoms with Gasteiger partial charge in [-0.1, -0.05) is 34.8 Å². The van der Waals surface area contributed by atoms with Crippen LogP contribution in [0.5, 0.6) is 0 Å². The fourth-order valence-corrected chi connectivity index (χ4v) is 2.40. The molecule has 1 aromatic carbocycles. The topological polar surface area (TPSA) is 24.9 Å². The van der Waals surface area contributed by atoms with Crippen LogP contribution >= 0.6 is 34.8 Å². The van der Waals surface area contributed by atoms with E-state index in [1.807, 2.05) is 0 Å². The molecule has 0 saturated heterocycles. The number of nitrogens with one attached hydrogen (secondary N) is 1. The van der Waals surface area contributed by atoms with Crippen LogP contribution in [-0.2, 0) is 6.18 Å². The van der Waals surface area contributed by atoms with Gasteiger partial charge >= 0.3 is 6.18 Å². The second kappa shape index (κ2) is 4.89. The molecular weight excluding hydrogens is 323 g/mol. The van der Waals surface area contributed by atoms with Crippen molar-refractivity contribution in [3.8, 4) is 0 Å². The van der Waals surface area contributed by atoms with E-state index in [2.05, 4.69) is 10.3 Å². The summed E-state index contributed by atoms with van der Waals surface area (Å²) in [5, 5.41) is 3.16. The van der Waals surface area contributed by atoms with E-state index in [0.29, 0.717) is 0 Å². The molecule has 2 rings (SSSR count). The first-order valence-electron chi connectivity index (χ1n) is 4.99. The number of hydrogen-bond acceptors (Lipinski definition) is 2. The van der Waals surface area contributed by atoms with Gasteiger partial charge in [-0.3, -0.25) is 0 Å². The molecular formula is C11H6Cl3F3N2. The smallest absolute Gasteiger partial charge is 0.387 e. The molecule has 0 aliphatic heterocycles. The SMILES string of the molecule is CNc1cc(C(F)(F)F)nc2c(Cl)cc(Cl)c(Cl)c12. The Kier molecular flexibility index (Phi) is 3.73. The van der Waals surface area contributed by atoms with Crippen molar-refractivity contribution in [3.63, 3.8) is 0 Å². The highest BCUT2D eigenvalue weighted by Crippen LogP contribution is 2.41. The second-order valence-corrected chi connectivity index (χ2v) is 4.87. The fraction of sp³-hybridized carbons (Fsp3) is 0.182. The first kappa shape index (κ1) is 14.5. The van der Waals surface area contributed by atoms with Gasteiger partial charge in [0.2, 0.25) is 0 Å². The van der Waals surface area contributed by atoms with Crippen LogP contribution in [0.25, 0.3) is 10.9 Å². The summed E-state index contributed by atoms with van der Waals surface area (Å²) in [7, 11) is 1.47. The summed E-state index contributed by atoms with van der Waals surface area (Å²) >= 11 is 17.7. The van der Waals surface area contributed by atoms with Gasteiger partial charge in [-0.15, -0.1) is 0 Å². The van der Waals surface area contributed by atoms with Gasteiger partial charge < -0.3 is 5.32 Å². The summed E-state index contributed by atoms with van der Waals surface area (Å²) in [4.78, 5) is 3.52. The van der Waals surface area contributed by atoms with Crippen molar-refractivity contribution in [3.05, 3.63) is 32.9 Å². The summed E-state index contributed by atoms with van der Waals surface area (Å²) in [6, 6.07) is 2.13. The van der Waals surface area contributed by atoms with E-state index in [9.17, 15) is 13.2 Å². The summed E-state index contributed by atoms with van der Waals surface area (Å²) in [6.45, 7) is 0. The fourth-order valence-electron chi connectivity index (χ4n) is 1.64. The molecule has 102 valence electrons. The third-order valence-electron chi connectivity index (χ3n) is 2.49. The van der Waals surface area contributed by atoms with Crippen molar-refractivity contribution in [2.75, 3.05) is 12.4 Å². The molecule has 19 heavy (non-hydrogen) atoms. The predicted molar refractivity (Wildman–Crippen MR) is 71.3 cm³/mol. The summed E-state index contributed by atoms with van der Waals surface area (Å²) in [5.74, 6) is 0. The molecule has 8 heteroatoms. The van der Waals surface area contributed by atoms with Gasteiger partial charge in [0.1, 0.15) is 5.69 Å². The van der Waals surface area contributed by atoms with Crippen LogP contribution in [0.4, 0.5) is 18.9 Å². The normalized spacial score (nSPS) is 11.9. The van der Waals surface area contributed by atoms with Crippen LogP contribution in [-0.4, -0.2) is 12.0 Å². The molecule has 0 bridgehead atoms. The van der Waals surface area contributed by atoms with Crippen LogP contribution < -0.4 is 5.32 Å². The second-order valence-electron chi connectivity index (χ2n) is 3.68. The number of nitrogens with zero attached hydrogens (tertiary/aromatic N) is 1. The number of hydrogen-bond donors (Lipinski definition) is 1. The van der Waals surface area contributed by atoms with E-state index < -0.39 is 11.9 Å². The van der Waals surface area contributed by atoms with Gasteiger partial charge in [0.15, 0.2) is 0 Å². The quantitative estimate of drug-likeness (QED) is 0.722. The van der Waals surface area contributed by atoms with Crippen LogP contribution in [0.2, 0.25) is 15.1 Å². The van der Waals surface area contributed by atoms with E-state index in [-0.39, 0.29) is 31.7 Å². The number of anilines is 1. The first-order valence-corrected chi connectivity index (χ1v) is 6.12. The van der Waals surface area contributed by atoms with E-state index >= 15 is 0 Å². The maximum Gasteiger partial charge on any atom is 0.433 e. The van der Waals surface area contributed by atoms with Gasteiger partial charge in [-0.2, -0.15) is 13.2 Å². The molecule has 1 N–H and O–H groups in total. The maximum absolute atomic E-state index is 12.8. The average molecular weight is 330 g/mol. The number of pyridine rings is 1. The number of aromatic nitrogens is 1. The lowest BCUT2D eigenvalue weighted by atomic mass is 10.1. The highest BCUT2D eigenvalue weighted by Gasteiger charge is 2.34. The van der Waals surface area contributed by atoms with Crippen molar-refractivity contribution >= 4 is 51.4 Å². The molecule has 0 aliphatic rings. The van der Waals surface area contributed by atoms with E-state index in [0.717, 1.165) is 6.07 Å². The minimum absolute atomic E-state index is 0.00648. The Bertz CT molecular complexity index is 656. The molecule has 0 radical (unpaired) electrons. The number of rotatable bonds is 1. The molecule has 1 heterocycles. The van der Waals surface area contributed by atoms with Crippen molar-refractivity contribution < 1.29 is 13.2 Å². The third kappa shape index (κ3) is 2.55. The van der Waals surface area contributed by atoms with Crippen LogP contribution in [0.3, 0.4) is 0 Å². The highest BCUT2D eigenvalue weighted by atomic mass is 35.5. The van der Waals surface area contributed by atoms with E-state index in [1.54, 1.807) is 0 Å². The lowest BCUT2D eigenvalue weighted by Crippen LogP contribution is -2.09. The molecule has 0 atom stereocenters. The van der Waals surface area contributed by atoms with Gasteiger partial charge in [-0.25, -0.2) is 4.98 Å².